The van der Waals surface area contributed by atoms with Crippen LogP contribution in [0.3, 0.4) is 0 Å². The number of hydrogen-bond donors (Lipinski definition) is 2. The Hall–Kier alpha value is -0.160. The average molecular weight is 241 g/mol. The SMILES string of the molecule is OCCN(CCN1CCCC1)CC1CCCN1. The number of aliphatic hydroxyl groups is 1. The van der Waals surface area contributed by atoms with Gasteiger partial charge in [0, 0.05) is 32.2 Å². The molecule has 4 nitrogen and oxygen atoms in total. The van der Waals surface area contributed by atoms with Crippen molar-refractivity contribution in [2.45, 2.75) is 31.7 Å². The largest absolute Gasteiger partial charge is 0.395 e. The Morgan fingerprint density at radius 2 is 2.00 bits per heavy atom. The van der Waals surface area contributed by atoms with Gasteiger partial charge in [0.2, 0.25) is 0 Å². The molecule has 2 fully saturated rings. The van der Waals surface area contributed by atoms with Gasteiger partial charge in [-0.15, -0.1) is 0 Å². The van der Waals surface area contributed by atoms with Gasteiger partial charge in [0.1, 0.15) is 0 Å². The van der Waals surface area contributed by atoms with Crippen LogP contribution >= 0.6 is 0 Å². The number of rotatable bonds is 7. The first kappa shape index (κ1) is 13.3. The summed E-state index contributed by atoms with van der Waals surface area (Å²) >= 11 is 0. The molecule has 0 aliphatic carbocycles. The molecule has 0 aromatic rings. The number of aliphatic hydroxyl groups excluding tert-OH is 1. The second-order valence-corrected chi connectivity index (χ2v) is 5.37. The van der Waals surface area contributed by atoms with Crippen molar-refractivity contribution in [3.8, 4) is 0 Å². The highest BCUT2D eigenvalue weighted by molar-refractivity contribution is 4.78. The molecule has 0 bridgehead atoms. The van der Waals surface area contributed by atoms with E-state index in [0.29, 0.717) is 6.04 Å². The summed E-state index contributed by atoms with van der Waals surface area (Å²) in [4.78, 5) is 4.97. The molecule has 0 spiro atoms. The minimum atomic E-state index is 0.284. The summed E-state index contributed by atoms with van der Waals surface area (Å²) < 4.78 is 0. The van der Waals surface area contributed by atoms with E-state index >= 15 is 0 Å². The maximum atomic E-state index is 9.13. The molecule has 2 aliphatic heterocycles. The highest BCUT2D eigenvalue weighted by Gasteiger charge is 2.18. The Bertz CT molecular complexity index is 201. The molecule has 0 aromatic heterocycles. The summed E-state index contributed by atoms with van der Waals surface area (Å²) in [6, 6.07) is 0.653. The Balaban J connectivity index is 1.67. The topological polar surface area (TPSA) is 38.7 Å². The van der Waals surface area contributed by atoms with Gasteiger partial charge in [0.15, 0.2) is 0 Å². The fourth-order valence-corrected chi connectivity index (χ4v) is 2.95. The molecule has 2 aliphatic rings. The van der Waals surface area contributed by atoms with E-state index in [2.05, 4.69) is 15.1 Å². The number of nitrogens with one attached hydrogen (secondary N) is 1. The Morgan fingerprint density at radius 1 is 1.18 bits per heavy atom. The minimum absolute atomic E-state index is 0.284. The van der Waals surface area contributed by atoms with E-state index in [0.717, 1.165) is 19.6 Å². The quantitative estimate of drug-likeness (QED) is 0.664. The predicted octanol–water partition coefficient (Wildman–Crippen LogP) is 0.129. The zero-order valence-electron chi connectivity index (χ0n) is 10.9. The molecule has 2 rings (SSSR count). The lowest BCUT2D eigenvalue weighted by Gasteiger charge is -2.27. The van der Waals surface area contributed by atoms with Crippen LogP contribution in [-0.2, 0) is 0 Å². The van der Waals surface area contributed by atoms with Crippen molar-refractivity contribution in [2.24, 2.45) is 0 Å². The van der Waals surface area contributed by atoms with Crippen molar-refractivity contribution in [3.63, 3.8) is 0 Å². The lowest BCUT2D eigenvalue weighted by Crippen LogP contribution is -2.42. The fraction of sp³-hybridized carbons (Fsp3) is 1.00. The van der Waals surface area contributed by atoms with Gasteiger partial charge in [0.25, 0.3) is 0 Å². The number of hydrogen-bond acceptors (Lipinski definition) is 4. The van der Waals surface area contributed by atoms with Crippen LogP contribution < -0.4 is 5.32 Å². The molecule has 0 aromatic carbocycles. The van der Waals surface area contributed by atoms with E-state index in [1.807, 2.05) is 0 Å². The van der Waals surface area contributed by atoms with Gasteiger partial charge in [-0.05, 0) is 45.3 Å². The van der Waals surface area contributed by atoms with Crippen molar-refractivity contribution >= 4 is 0 Å². The molecular formula is C13H27N3O. The van der Waals surface area contributed by atoms with Crippen LogP contribution in [0.1, 0.15) is 25.7 Å². The average Bonchev–Trinajstić information content (AvgIpc) is 2.99. The van der Waals surface area contributed by atoms with Gasteiger partial charge < -0.3 is 15.3 Å². The van der Waals surface area contributed by atoms with Crippen molar-refractivity contribution in [3.05, 3.63) is 0 Å². The lowest BCUT2D eigenvalue weighted by atomic mass is 10.2. The van der Waals surface area contributed by atoms with Crippen LogP contribution in [0.25, 0.3) is 0 Å². The van der Waals surface area contributed by atoms with Crippen molar-refractivity contribution < 1.29 is 5.11 Å². The standard InChI is InChI=1S/C13H27N3O/c17-11-10-16(12-13-4-3-5-14-13)9-8-15-6-1-2-7-15/h13-14,17H,1-12H2. The van der Waals surface area contributed by atoms with Crippen molar-refractivity contribution in [1.29, 1.82) is 0 Å². The van der Waals surface area contributed by atoms with E-state index in [-0.39, 0.29) is 6.61 Å². The number of nitrogens with zero attached hydrogens (tertiary/aromatic N) is 2. The van der Waals surface area contributed by atoms with E-state index in [9.17, 15) is 0 Å². The molecule has 17 heavy (non-hydrogen) atoms. The third kappa shape index (κ3) is 4.54. The monoisotopic (exact) mass is 241 g/mol. The summed E-state index contributed by atoms with van der Waals surface area (Å²) in [5.74, 6) is 0. The highest BCUT2D eigenvalue weighted by Crippen LogP contribution is 2.09. The maximum Gasteiger partial charge on any atom is 0.0558 e. The molecule has 2 heterocycles. The second kappa shape index (κ2) is 7.31. The Kier molecular flexibility index (Phi) is 5.71. The van der Waals surface area contributed by atoms with E-state index in [1.54, 1.807) is 0 Å². The van der Waals surface area contributed by atoms with Crippen LogP contribution in [0.5, 0.6) is 0 Å². The predicted molar refractivity (Wildman–Crippen MR) is 70.2 cm³/mol. The molecule has 1 unspecified atom stereocenters. The van der Waals surface area contributed by atoms with E-state index in [4.69, 9.17) is 5.11 Å². The van der Waals surface area contributed by atoms with Crippen LogP contribution in [0.4, 0.5) is 0 Å². The van der Waals surface area contributed by atoms with Gasteiger partial charge in [-0.2, -0.15) is 0 Å². The van der Waals surface area contributed by atoms with Gasteiger partial charge in [-0.1, -0.05) is 0 Å². The molecule has 2 saturated heterocycles. The molecule has 0 saturated carbocycles. The van der Waals surface area contributed by atoms with Crippen LogP contribution in [-0.4, -0.2) is 73.4 Å². The third-order valence-electron chi connectivity index (χ3n) is 3.99. The van der Waals surface area contributed by atoms with Crippen LogP contribution in [0.2, 0.25) is 0 Å². The van der Waals surface area contributed by atoms with Crippen molar-refractivity contribution in [2.75, 3.05) is 52.4 Å². The van der Waals surface area contributed by atoms with E-state index in [1.165, 1.54) is 51.9 Å². The lowest BCUT2D eigenvalue weighted by molar-refractivity contribution is 0.167. The van der Waals surface area contributed by atoms with Gasteiger partial charge >= 0.3 is 0 Å². The van der Waals surface area contributed by atoms with Gasteiger partial charge in [-0.25, -0.2) is 0 Å². The maximum absolute atomic E-state index is 9.13. The first-order chi connectivity index (χ1) is 8.38. The Labute approximate surface area is 105 Å². The smallest absolute Gasteiger partial charge is 0.0558 e. The van der Waals surface area contributed by atoms with Gasteiger partial charge in [-0.3, -0.25) is 4.90 Å². The van der Waals surface area contributed by atoms with Crippen LogP contribution in [0.15, 0.2) is 0 Å². The molecule has 1 atom stereocenters. The molecule has 4 heteroatoms. The summed E-state index contributed by atoms with van der Waals surface area (Å²) in [5.41, 5.74) is 0. The Morgan fingerprint density at radius 3 is 2.65 bits per heavy atom. The second-order valence-electron chi connectivity index (χ2n) is 5.37. The summed E-state index contributed by atoms with van der Waals surface area (Å²) in [7, 11) is 0. The molecule has 0 amide bonds. The zero-order valence-corrected chi connectivity index (χ0v) is 10.9. The molecule has 0 radical (unpaired) electrons. The molecular weight excluding hydrogens is 214 g/mol. The van der Waals surface area contributed by atoms with Crippen LogP contribution in [0, 0.1) is 0 Å². The normalized spacial score (nSPS) is 26.1. The number of likely N-dealkylation sites (tertiary alicyclic amines) is 1. The summed E-state index contributed by atoms with van der Waals surface area (Å²) in [6.07, 6.45) is 5.34. The summed E-state index contributed by atoms with van der Waals surface area (Å²) in [5, 5.41) is 12.7. The first-order valence-corrected chi connectivity index (χ1v) is 7.17. The van der Waals surface area contributed by atoms with Crippen molar-refractivity contribution in [1.82, 2.24) is 15.1 Å². The highest BCUT2D eigenvalue weighted by atomic mass is 16.3. The summed E-state index contributed by atoms with van der Waals surface area (Å²) in [6.45, 7) is 8.21. The fourth-order valence-electron chi connectivity index (χ4n) is 2.95. The van der Waals surface area contributed by atoms with E-state index < -0.39 is 0 Å². The molecule has 100 valence electrons. The molecule has 2 N–H and O–H groups in total. The van der Waals surface area contributed by atoms with Gasteiger partial charge in [0.05, 0.1) is 6.61 Å². The third-order valence-corrected chi connectivity index (χ3v) is 3.99. The minimum Gasteiger partial charge on any atom is -0.395 e. The zero-order chi connectivity index (χ0) is 11.9. The first-order valence-electron chi connectivity index (χ1n) is 7.17.